The molecule has 0 saturated carbocycles. The van der Waals surface area contributed by atoms with Crippen molar-refractivity contribution in [2.45, 2.75) is 17.9 Å². The van der Waals surface area contributed by atoms with E-state index in [-0.39, 0.29) is 29.6 Å². The summed E-state index contributed by atoms with van der Waals surface area (Å²) in [6, 6.07) is 3.39. The zero-order valence-electron chi connectivity index (χ0n) is 14.1. The van der Waals surface area contributed by atoms with Gasteiger partial charge in [-0.2, -0.15) is 0 Å². The predicted octanol–water partition coefficient (Wildman–Crippen LogP) is 0.670. The van der Waals surface area contributed by atoms with Crippen LogP contribution < -0.4 is 15.8 Å². The molecule has 3 N–H and O–H groups in total. The number of sulfonamides is 1. The molecule has 0 saturated heterocycles. The second-order valence-electron chi connectivity index (χ2n) is 4.93. The fourth-order valence-corrected chi connectivity index (χ4v) is 2.67. The van der Waals surface area contributed by atoms with E-state index in [4.69, 9.17) is 15.2 Å². The van der Waals surface area contributed by atoms with Gasteiger partial charge >= 0.3 is 0 Å². The van der Waals surface area contributed by atoms with Crippen LogP contribution in [0.3, 0.4) is 0 Å². The Morgan fingerprint density at radius 2 is 2.00 bits per heavy atom. The summed E-state index contributed by atoms with van der Waals surface area (Å²) in [5.41, 5.74) is 5.91. The maximum atomic E-state index is 12.2. The van der Waals surface area contributed by atoms with Gasteiger partial charge in [-0.05, 0) is 25.1 Å². The van der Waals surface area contributed by atoms with Crippen molar-refractivity contribution in [2.24, 2.45) is 5.73 Å². The van der Waals surface area contributed by atoms with E-state index in [1.54, 1.807) is 6.92 Å². The Balaban J connectivity index is 0.00000529. The minimum absolute atomic E-state index is 0. The third-order valence-corrected chi connectivity index (χ3v) is 4.78. The lowest BCUT2D eigenvalue weighted by molar-refractivity contribution is -0.118. The molecule has 0 aliphatic rings. The first-order valence-corrected chi connectivity index (χ1v) is 8.42. The van der Waals surface area contributed by atoms with Gasteiger partial charge in [0.1, 0.15) is 11.8 Å². The van der Waals surface area contributed by atoms with Gasteiger partial charge in [-0.1, -0.05) is 0 Å². The van der Waals surface area contributed by atoms with Crippen LogP contribution in [-0.2, 0) is 19.6 Å². The van der Waals surface area contributed by atoms with Crippen LogP contribution in [0, 0.1) is 0 Å². The van der Waals surface area contributed by atoms with E-state index in [1.807, 2.05) is 0 Å². The lowest BCUT2D eigenvalue weighted by Gasteiger charge is -2.17. The second kappa shape index (κ2) is 9.80. The number of methoxy groups -OCH3 is 1. The number of hydrogen-bond acceptors (Lipinski definition) is 6. The maximum absolute atomic E-state index is 12.2. The first-order valence-electron chi connectivity index (χ1n) is 6.98. The Morgan fingerprint density at radius 3 is 2.50 bits per heavy atom. The third kappa shape index (κ3) is 5.60. The Morgan fingerprint density at radius 1 is 1.38 bits per heavy atom. The predicted molar refractivity (Wildman–Crippen MR) is 94.2 cm³/mol. The first-order chi connectivity index (χ1) is 10.7. The smallest absolute Gasteiger partial charge is 0.243 e. The van der Waals surface area contributed by atoms with Crippen molar-refractivity contribution in [3.05, 3.63) is 18.2 Å². The van der Waals surface area contributed by atoms with Crippen molar-refractivity contribution in [3.63, 3.8) is 0 Å². The first kappa shape index (κ1) is 22.6. The minimum atomic E-state index is -3.63. The Labute approximate surface area is 148 Å². The molecule has 1 aromatic rings. The van der Waals surface area contributed by atoms with E-state index >= 15 is 0 Å². The molecule has 0 radical (unpaired) electrons. The van der Waals surface area contributed by atoms with Crippen LogP contribution in [0.5, 0.6) is 5.75 Å². The van der Waals surface area contributed by atoms with Crippen LogP contribution in [0.15, 0.2) is 23.1 Å². The van der Waals surface area contributed by atoms with E-state index in [9.17, 15) is 13.2 Å². The van der Waals surface area contributed by atoms with E-state index in [0.29, 0.717) is 12.4 Å². The maximum Gasteiger partial charge on any atom is 0.243 e. The topological polar surface area (TPSA) is 111 Å². The number of amides is 1. The van der Waals surface area contributed by atoms with E-state index in [1.165, 1.54) is 39.4 Å². The molecule has 8 nitrogen and oxygen atoms in total. The number of rotatable bonds is 8. The fourth-order valence-electron chi connectivity index (χ4n) is 1.74. The van der Waals surface area contributed by atoms with Crippen molar-refractivity contribution < 1.29 is 22.7 Å². The van der Waals surface area contributed by atoms with Gasteiger partial charge in [0.15, 0.2) is 0 Å². The van der Waals surface area contributed by atoms with Gasteiger partial charge < -0.3 is 20.5 Å². The summed E-state index contributed by atoms with van der Waals surface area (Å²) in [4.78, 5) is 12.1. The third-order valence-electron chi connectivity index (χ3n) is 2.97. The van der Waals surface area contributed by atoms with Gasteiger partial charge in [0.05, 0.1) is 23.8 Å². The number of hydrogen-bond donors (Lipinski definition) is 2. The molecule has 0 aromatic heterocycles. The van der Waals surface area contributed by atoms with Crippen molar-refractivity contribution in [3.8, 4) is 5.75 Å². The summed E-state index contributed by atoms with van der Waals surface area (Å²) in [6.07, 6.45) is 0. The summed E-state index contributed by atoms with van der Waals surface area (Å²) in [6.45, 7) is 2.20. The van der Waals surface area contributed by atoms with Crippen LogP contribution in [-0.4, -0.2) is 59.1 Å². The molecule has 1 atom stereocenters. The molecule has 0 fully saturated rings. The number of carbonyl (C=O) groups is 1. The quantitative estimate of drug-likeness (QED) is 0.684. The zero-order chi connectivity index (χ0) is 17.6. The van der Waals surface area contributed by atoms with Gasteiger partial charge in [-0.25, -0.2) is 12.7 Å². The lowest BCUT2D eigenvalue weighted by atomic mass is 10.2. The molecule has 1 rings (SSSR count). The SMILES string of the molecule is CCOc1ccc(S(=O)(=O)N(C)C)cc1NC(=O)C(N)COC.Cl. The molecule has 0 bridgehead atoms. The molecular weight excluding hydrogens is 358 g/mol. The second-order valence-corrected chi connectivity index (χ2v) is 7.08. The van der Waals surface area contributed by atoms with E-state index in [0.717, 1.165) is 4.31 Å². The minimum Gasteiger partial charge on any atom is -0.492 e. The van der Waals surface area contributed by atoms with Gasteiger partial charge in [0, 0.05) is 21.2 Å². The lowest BCUT2D eigenvalue weighted by Crippen LogP contribution is -2.39. The van der Waals surface area contributed by atoms with Crippen molar-refractivity contribution >= 4 is 34.0 Å². The highest BCUT2D eigenvalue weighted by Crippen LogP contribution is 2.28. The van der Waals surface area contributed by atoms with Crippen molar-refractivity contribution in [1.82, 2.24) is 4.31 Å². The summed E-state index contributed by atoms with van der Waals surface area (Å²) >= 11 is 0. The summed E-state index contributed by atoms with van der Waals surface area (Å²) in [5, 5.41) is 2.58. The van der Waals surface area contributed by atoms with Gasteiger partial charge in [-0.15, -0.1) is 12.4 Å². The number of nitrogens with one attached hydrogen (secondary N) is 1. The molecule has 138 valence electrons. The number of carbonyl (C=O) groups excluding carboxylic acids is 1. The number of ether oxygens (including phenoxy) is 2. The number of nitrogens with two attached hydrogens (primary N) is 1. The van der Waals surface area contributed by atoms with Crippen LogP contribution in [0.1, 0.15) is 6.92 Å². The average Bonchev–Trinajstić information content (AvgIpc) is 2.49. The summed E-state index contributed by atoms with van der Waals surface area (Å²) in [5.74, 6) is -0.129. The summed E-state index contributed by atoms with van der Waals surface area (Å²) in [7, 11) is 0.665. The molecule has 10 heteroatoms. The molecule has 1 aromatic carbocycles. The van der Waals surface area contributed by atoms with Gasteiger partial charge in [0.2, 0.25) is 15.9 Å². The molecule has 1 amide bonds. The standard InChI is InChI=1S/C14H23N3O5S.ClH/c1-5-22-13-7-6-10(23(19,20)17(2)3)8-12(13)16-14(18)11(15)9-21-4;/h6-8,11H,5,9,15H2,1-4H3,(H,16,18);1H. The monoisotopic (exact) mass is 381 g/mol. The molecule has 0 aliphatic heterocycles. The van der Waals surface area contributed by atoms with Gasteiger partial charge in [0.25, 0.3) is 0 Å². The molecule has 1 unspecified atom stereocenters. The van der Waals surface area contributed by atoms with Gasteiger partial charge in [-0.3, -0.25) is 4.79 Å². The zero-order valence-corrected chi connectivity index (χ0v) is 15.7. The highest BCUT2D eigenvalue weighted by Gasteiger charge is 2.21. The van der Waals surface area contributed by atoms with Crippen LogP contribution in [0.25, 0.3) is 0 Å². The molecule has 0 heterocycles. The van der Waals surface area contributed by atoms with E-state index < -0.39 is 22.0 Å². The fraction of sp³-hybridized carbons (Fsp3) is 0.500. The highest BCUT2D eigenvalue weighted by atomic mass is 35.5. The van der Waals surface area contributed by atoms with Crippen LogP contribution in [0.2, 0.25) is 0 Å². The number of benzene rings is 1. The molecule has 0 spiro atoms. The van der Waals surface area contributed by atoms with Crippen molar-refractivity contribution in [2.75, 3.05) is 39.7 Å². The Bertz CT molecular complexity index is 652. The number of halogens is 1. The normalized spacial score (nSPS) is 12.4. The molecular formula is C14H24ClN3O5S. The van der Waals surface area contributed by atoms with Crippen LogP contribution in [0.4, 0.5) is 5.69 Å². The molecule has 24 heavy (non-hydrogen) atoms. The number of anilines is 1. The molecule has 0 aliphatic carbocycles. The number of nitrogens with zero attached hydrogens (tertiary/aromatic N) is 1. The Hall–Kier alpha value is -1.39. The van der Waals surface area contributed by atoms with Crippen molar-refractivity contribution in [1.29, 1.82) is 0 Å². The Kier molecular flexibility index (Phi) is 9.23. The largest absolute Gasteiger partial charge is 0.492 e. The summed E-state index contributed by atoms with van der Waals surface area (Å²) < 4.78 is 35.7. The highest BCUT2D eigenvalue weighted by molar-refractivity contribution is 7.89. The van der Waals surface area contributed by atoms with E-state index in [2.05, 4.69) is 5.32 Å². The van der Waals surface area contributed by atoms with Crippen LogP contribution >= 0.6 is 12.4 Å². The average molecular weight is 382 g/mol.